The Morgan fingerprint density at radius 3 is 2.32 bits per heavy atom. The van der Waals surface area contributed by atoms with Gasteiger partial charge in [-0.25, -0.2) is 0 Å². The van der Waals surface area contributed by atoms with Crippen molar-refractivity contribution in [3.63, 3.8) is 0 Å². The number of halogens is 6. The number of nitrogens with zero attached hydrogens (tertiary/aromatic N) is 2. The molecule has 1 aromatic heterocycles. The van der Waals surface area contributed by atoms with Gasteiger partial charge < -0.3 is 10.0 Å². The number of thioether (sulfide) groups is 1. The topological polar surface area (TPSA) is 77.9 Å². The van der Waals surface area contributed by atoms with Crippen molar-refractivity contribution >= 4 is 63.5 Å². The maximum atomic E-state index is 13.2. The summed E-state index contributed by atoms with van der Waals surface area (Å²) in [6.07, 6.45) is -7.12. The van der Waals surface area contributed by atoms with Crippen LogP contribution < -0.4 is 0 Å². The highest BCUT2D eigenvalue weighted by Gasteiger charge is 2.37. The molecule has 2 aromatic rings. The number of thiocarbonyl (C=S) groups is 1. The third kappa shape index (κ3) is 7.68. The van der Waals surface area contributed by atoms with Crippen molar-refractivity contribution in [2.75, 3.05) is 19.6 Å². The van der Waals surface area contributed by atoms with Gasteiger partial charge in [0.2, 0.25) is 5.91 Å². The molecule has 41 heavy (non-hydrogen) atoms. The Kier molecular flexibility index (Phi) is 9.19. The van der Waals surface area contributed by atoms with Crippen LogP contribution in [0.5, 0.6) is 0 Å². The van der Waals surface area contributed by atoms with Gasteiger partial charge in [0.05, 0.1) is 16.0 Å². The SMILES string of the molecule is O=C(O)C[C@H]1CCCN(C(=O)CCN2C(=O)C(=Cc3cc(-c4cc(C(F)(F)F)cc(C(F)(F)F)c4)cs3)SC2=S)C1. The van der Waals surface area contributed by atoms with Crippen LogP contribution in [0, 0.1) is 5.92 Å². The molecule has 2 aliphatic heterocycles. The Bertz CT molecular complexity index is 1370. The number of carbonyl (C=O) groups is 3. The number of carboxylic acid groups (broad SMARTS) is 1. The van der Waals surface area contributed by atoms with E-state index in [1.807, 2.05) is 0 Å². The summed E-state index contributed by atoms with van der Waals surface area (Å²) < 4.78 is 79.7. The fraction of sp³-hybridized carbons (Fsp3) is 0.385. The number of piperidine rings is 1. The largest absolute Gasteiger partial charge is 0.481 e. The highest BCUT2D eigenvalue weighted by Crippen LogP contribution is 2.40. The second-order valence-corrected chi connectivity index (χ2v) is 12.2. The third-order valence-corrected chi connectivity index (χ3v) is 8.83. The van der Waals surface area contributed by atoms with Crippen molar-refractivity contribution < 1.29 is 45.8 Å². The van der Waals surface area contributed by atoms with Crippen molar-refractivity contribution in [2.45, 2.75) is 38.0 Å². The molecule has 0 radical (unpaired) electrons. The lowest BCUT2D eigenvalue weighted by Gasteiger charge is -2.32. The summed E-state index contributed by atoms with van der Waals surface area (Å²) in [7, 11) is 0. The normalized spacial score (nSPS) is 19.4. The van der Waals surface area contributed by atoms with Crippen LogP contribution in [0.3, 0.4) is 0 Å². The molecule has 0 saturated carbocycles. The second kappa shape index (κ2) is 12.1. The number of benzene rings is 1. The lowest BCUT2D eigenvalue weighted by molar-refractivity contribution is -0.143. The van der Waals surface area contributed by atoms with Gasteiger partial charge in [0.25, 0.3) is 5.91 Å². The van der Waals surface area contributed by atoms with Crippen molar-refractivity contribution in [1.82, 2.24) is 9.80 Å². The van der Waals surface area contributed by atoms with E-state index in [4.69, 9.17) is 17.3 Å². The molecule has 220 valence electrons. The zero-order chi connectivity index (χ0) is 30.1. The van der Waals surface area contributed by atoms with E-state index >= 15 is 0 Å². The minimum Gasteiger partial charge on any atom is -0.481 e. The summed E-state index contributed by atoms with van der Waals surface area (Å²) >= 11 is 7.30. The van der Waals surface area contributed by atoms with E-state index < -0.39 is 35.4 Å². The molecule has 0 unspecified atom stereocenters. The van der Waals surface area contributed by atoms with Crippen molar-refractivity contribution in [3.05, 3.63) is 50.6 Å². The van der Waals surface area contributed by atoms with Gasteiger partial charge in [0.1, 0.15) is 4.32 Å². The zero-order valence-electron chi connectivity index (χ0n) is 21.1. The van der Waals surface area contributed by atoms with Gasteiger partial charge in [-0.2, -0.15) is 26.3 Å². The number of carboxylic acids is 1. The quantitative estimate of drug-likeness (QED) is 0.206. The lowest BCUT2D eigenvalue weighted by Crippen LogP contribution is -2.42. The predicted molar refractivity (Wildman–Crippen MR) is 146 cm³/mol. The number of thiophene rings is 1. The molecule has 15 heteroatoms. The van der Waals surface area contributed by atoms with E-state index in [-0.39, 0.29) is 57.6 Å². The molecule has 0 spiro atoms. The van der Waals surface area contributed by atoms with Gasteiger partial charge in [0.15, 0.2) is 0 Å². The molecule has 2 aliphatic rings. The molecular weight excluding hydrogens is 614 g/mol. The van der Waals surface area contributed by atoms with E-state index in [2.05, 4.69) is 0 Å². The van der Waals surface area contributed by atoms with Gasteiger partial charge in [-0.1, -0.05) is 24.0 Å². The van der Waals surface area contributed by atoms with E-state index in [9.17, 15) is 40.7 Å². The molecule has 2 amide bonds. The van der Waals surface area contributed by atoms with Crippen LogP contribution in [0.25, 0.3) is 17.2 Å². The summed E-state index contributed by atoms with van der Waals surface area (Å²) in [6.45, 7) is 0.853. The highest BCUT2D eigenvalue weighted by atomic mass is 32.2. The van der Waals surface area contributed by atoms with E-state index in [0.29, 0.717) is 36.5 Å². The van der Waals surface area contributed by atoms with E-state index in [1.165, 1.54) is 22.4 Å². The standard InChI is InChI=1S/C26H22F6N2O4S3/c27-25(28,29)17-7-15(8-18(10-17)26(30,31)32)16-9-19(40-13-16)11-20-23(38)34(24(39)41-20)5-3-21(35)33-4-1-2-14(12-33)6-22(36)37/h7-11,13-14H,1-6,12H2,(H,36,37)/t14-/m1/s1. The monoisotopic (exact) mass is 636 g/mol. The molecule has 3 heterocycles. The van der Waals surface area contributed by atoms with E-state index in [0.717, 1.165) is 29.5 Å². The van der Waals surface area contributed by atoms with Gasteiger partial charge in [-0.3, -0.25) is 19.3 Å². The summed E-state index contributed by atoms with van der Waals surface area (Å²) in [5.41, 5.74) is -2.99. The molecule has 0 aliphatic carbocycles. The first-order valence-electron chi connectivity index (χ1n) is 12.2. The van der Waals surface area contributed by atoms with Crippen LogP contribution in [0.1, 0.15) is 41.7 Å². The fourth-order valence-electron chi connectivity index (χ4n) is 4.59. The minimum atomic E-state index is -4.97. The predicted octanol–water partition coefficient (Wildman–Crippen LogP) is 6.76. The lowest BCUT2D eigenvalue weighted by atomic mass is 9.94. The second-order valence-electron chi connectivity index (χ2n) is 9.56. The van der Waals surface area contributed by atoms with Gasteiger partial charge in [-0.05, 0) is 65.6 Å². The number of carbonyl (C=O) groups excluding carboxylic acids is 2. The smallest absolute Gasteiger partial charge is 0.416 e. The Morgan fingerprint density at radius 2 is 1.71 bits per heavy atom. The third-order valence-electron chi connectivity index (χ3n) is 6.57. The maximum Gasteiger partial charge on any atom is 0.416 e. The van der Waals surface area contributed by atoms with Crippen LogP contribution in [-0.2, 0) is 26.7 Å². The number of likely N-dealkylation sites (tertiary alicyclic amines) is 1. The number of rotatable bonds is 7. The average molecular weight is 637 g/mol. The Morgan fingerprint density at radius 1 is 1.05 bits per heavy atom. The summed E-state index contributed by atoms with van der Waals surface area (Å²) in [4.78, 5) is 40.2. The van der Waals surface area contributed by atoms with Crippen LogP contribution >= 0.6 is 35.3 Å². The van der Waals surface area contributed by atoms with Crippen molar-refractivity contribution in [1.29, 1.82) is 0 Å². The molecule has 2 fully saturated rings. The van der Waals surface area contributed by atoms with Crippen molar-refractivity contribution in [2.24, 2.45) is 5.92 Å². The van der Waals surface area contributed by atoms with Gasteiger partial charge in [0, 0.05) is 37.4 Å². The molecule has 0 bridgehead atoms. The molecule has 6 nitrogen and oxygen atoms in total. The maximum absolute atomic E-state index is 13.2. The first-order chi connectivity index (χ1) is 19.1. The summed E-state index contributed by atoms with van der Waals surface area (Å²) in [5, 5.41) is 10.4. The first kappa shape index (κ1) is 31.0. The number of aliphatic carboxylic acids is 1. The zero-order valence-corrected chi connectivity index (χ0v) is 23.5. The Hall–Kier alpha value is -2.91. The van der Waals surface area contributed by atoms with Crippen LogP contribution in [0.15, 0.2) is 34.6 Å². The molecule has 1 aromatic carbocycles. The van der Waals surface area contributed by atoms with Crippen LogP contribution in [-0.4, -0.2) is 56.6 Å². The molecule has 1 atom stereocenters. The highest BCUT2D eigenvalue weighted by molar-refractivity contribution is 8.26. The number of amides is 2. The van der Waals surface area contributed by atoms with Crippen molar-refractivity contribution in [3.8, 4) is 11.1 Å². The molecule has 2 saturated heterocycles. The van der Waals surface area contributed by atoms with E-state index in [1.54, 1.807) is 4.90 Å². The fourth-order valence-corrected chi connectivity index (χ4v) is 6.82. The molecule has 1 N–H and O–H groups in total. The van der Waals surface area contributed by atoms with Gasteiger partial charge in [-0.15, -0.1) is 11.3 Å². The Balaban J connectivity index is 1.45. The van der Waals surface area contributed by atoms with Gasteiger partial charge >= 0.3 is 18.3 Å². The number of hydrogen-bond acceptors (Lipinski definition) is 6. The Labute approximate surface area is 244 Å². The van der Waals surface area contributed by atoms with Crippen LogP contribution in [0.4, 0.5) is 26.3 Å². The minimum absolute atomic E-state index is 0.0141. The number of hydrogen-bond donors (Lipinski definition) is 1. The molecular formula is C26H22F6N2O4S3. The summed E-state index contributed by atoms with van der Waals surface area (Å²) in [6, 6.07) is 2.74. The number of alkyl halides is 6. The summed E-state index contributed by atoms with van der Waals surface area (Å²) in [5.74, 6) is -1.74. The van der Waals surface area contributed by atoms with Crippen LogP contribution in [0.2, 0.25) is 0 Å². The first-order valence-corrected chi connectivity index (χ1v) is 14.4. The average Bonchev–Trinajstić information content (AvgIpc) is 3.45. The molecule has 4 rings (SSSR count).